The Hall–Kier alpha value is -9.85. The molecule has 0 saturated heterocycles. The third-order valence-corrected chi connectivity index (χ3v) is 14.8. The Labute approximate surface area is 421 Å². The van der Waals surface area contributed by atoms with Gasteiger partial charge < -0.3 is 0 Å². The molecule has 0 fully saturated rings. The van der Waals surface area contributed by atoms with Crippen molar-refractivity contribution in [3.05, 3.63) is 271 Å². The Balaban J connectivity index is 1.03. The number of rotatable bonds is 7. The molecule has 0 aliphatic heterocycles. The summed E-state index contributed by atoms with van der Waals surface area (Å²) in [7, 11) is 0. The van der Waals surface area contributed by atoms with Crippen molar-refractivity contribution in [1.29, 1.82) is 0 Å². The van der Waals surface area contributed by atoms with E-state index in [4.69, 9.17) is 24.9 Å². The molecule has 73 heavy (non-hydrogen) atoms. The Morgan fingerprint density at radius 1 is 0.274 bits per heavy atom. The Bertz CT molecular complexity index is 4090. The summed E-state index contributed by atoms with van der Waals surface area (Å²) in [6.07, 6.45) is 0. The Kier molecular flexibility index (Phi) is 9.04. The number of benzene rings is 10. The second-order valence-corrected chi connectivity index (χ2v) is 18.8. The summed E-state index contributed by atoms with van der Waals surface area (Å²) in [5, 5.41) is 0. The van der Waals surface area contributed by atoms with Crippen LogP contribution in [0.25, 0.3) is 113 Å². The molecule has 0 N–H and O–H groups in total. The molecule has 340 valence electrons. The van der Waals surface area contributed by atoms with Crippen LogP contribution >= 0.6 is 0 Å². The third-order valence-electron chi connectivity index (χ3n) is 14.8. The van der Waals surface area contributed by atoms with Gasteiger partial charge in [-0.05, 0) is 105 Å². The van der Waals surface area contributed by atoms with E-state index < -0.39 is 5.41 Å². The first kappa shape index (κ1) is 41.0. The van der Waals surface area contributed by atoms with Crippen LogP contribution in [-0.4, -0.2) is 34.1 Å². The maximum Gasteiger partial charge on any atom is 0.164 e. The summed E-state index contributed by atoms with van der Waals surface area (Å²) < 4.78 is 4.59. The second kappa shape index (κ2) is 16.1. The standard InChI is InChI=1S/C66H41N7/c1-5-20-42(21-6-1)61-69-62(43-22-7-2-8-23-43)71-63(70-61)51-29-19-31-53-60(51)50-28-13-14-30-52(50)66(53)54-40-44(64-67-56-32-15-17-34-58(56)72(64)46-24-9-3-10-25-46)36-38-48(54)49-39-37-45(41-55(49)66)65-68-57-33-16-18-35-59(57)73(65)47-26-11-4-12-27-47/h1-41H. The van der Waals surface area contributed by atoms with E-state index >= 15 is 0 Å². The summed E-state index contributed by atoms with van der Waals surface area (Å²) in [6.45, 7) is 0. The summed E-state index contributed by atoms with van der Waals surface area (Å²) in [4.78, 5) is 26.6. The maximum absolute atomic E-state index is 5.40. The number of nitrogens with zero attached hydrogens (tertiary/aromatic N) is 7. The Morgan fingerprint density at radius 2 is 0.699 bits per heavy atom. The largest absolute Gasteiger partial charge is 0.292 e. The van der Waals surface area contributed by atoms with Gasteiger partial charge in [-0.2, -0.15) is 0 Å². The van der Waals surface area contributed by atoms with Crippen molar-refractivity contribution >= 4 is 22.1 Å². The number of imidazole rings is 2. The Morgan fingerprint density at radius 3 is 1.23 bits per heavy atom. The average Bonchev–Trinajstić information content (AvgIpc) is 4.22. The first-order chi connectivity index (χ1) is 36.2. The molecular formula is C66H41N7. The fourth-order valence-corrected chi connectivity index (χ4v) is 11.7. The van der Waals surface area contributed by atoms with Gasteiger partial charge in [0, 0.05) is 39.2 Å². The quantitative estimate of drug-likeness (QED) is 0.159. The van der Waals surface area contributed by atoms with Gasteiger partial charge in [0.2, 0.25) is 0 Å². The van der Waals surface area contributed by atoms with Crippen LogP contribution in [0, 0.1) is 0 Å². The van der Waals surface area contributed by atoms with Crippen LogP contribution < -0.4 is 0 Å². The zero-order chi connectivity index (χ0) is 48.0. The number of aromatic nitrogens is 7. The van der Waals surface area contributed by atoms with E-state index in [1.54, 1.807) is 0 Å². The van der Waals surface area contributed by atoms with Gasteiger partial charge in [-0.25, -0.2) is 24.9 Å². The van der Waals surface area contributed by atoms with Crippen LogP contribution in [0.4, 0.5) is 0 Å². The third kappa shape index (κ3) is 6.15. The summed E-state index contributed by atoms with van der Waals surface area (Å²) >= 11 is 0. The van der Waals surface area contributed by atoms with E-state index in [1.807, 2.05) is 36.4 Å². The van der Waals surface area contributed by atoms with Crippen LogP contribution in [0.1, 0.15) is 22.3 Å². The molecule has 1 spiro atoms. The van der Waals surface area contributed by atoms with Gasteiger partial charge in [0.05, 0.1) is 27.5 Å². The maximum atomic E-state index is 5.40. The van der Waals surface area contributed by atoms with Crippen molar-refractivity contribution in [3.63, 3.8) is 0 Å². The highest BCUT2D eigenvalue weighted by atomic mass is 15.1. The lowest BCUT2D eigenvalue weighted by molar-refractivity contribution is 0.794. The molecule has 7 nitrogen and oxygen atoms in total. The van der Waals surface area contributed by atoms with Crippen molar-refractivity contribution in [2.75, 3.05) is 0 Å². The topological polar surface area (TPSA) is 74.3 Å². The number of fused-ring (bicyclic) bond motifs is 12. The van der Waals surface area contributed by atoms with Crippen LogP contribution in [-0.2, 0) is 5.41 Å². The summed E-state index contributed by atoms with van der Waals surface area (Å²) in [5.74, 6) is 3.62. The van der Waals surface area contributed by atoms with Crippen molar-refractivity contribution in [1.82, 2.24) is 34.1 Å². The molecule has 0 radical (unpaired) electrons. The predicted octanol–water partition coefficient (Wildman–Crippen LogP) is 15.2. The number of para-hydroxylation sites is 6. The van der Waals surface area contributed by atoms with Gasteiger partial charge >= 0.3 is 0 Å². The molecule has 0 unspecified atom stereocenters. The highest BCUT2D eigenvalue weighted by Gasteiger charge is 2.53. The molecule has 7 heteroatoms. The lowest BCUT2D eigenvalue weighted by Crippen LogP contribution is -2.26. The van der Waals surface area contributed by atoms with E-state index in [1.165, 1.54) is 27.8 Å². The van der Waals surface area contributed by atoms with Gasteiger partial charge in [-0.15, -0.1) is 0 Å². The molecule has 2 aliphatic rings. The molecule has 3 aromatic heterocycles. The zero-order valence-electron chi connectivity index (χ0n) is 39.3. The van der Waals surface area contributed by atoms with Crippen LogP contribution in [0.5, 0.6) is 0 Å². The van der Waals surface area contributed by atoms with E-state index in [2.05, 4.69) is 221 Å². The molecule has 0 bridgehead atoms. The summed E-state index contributed by atoms with van der Waals surface area (Å²) in [6, 6.07) is 88.0. The highest BCUT2D eigenvalue weighted by Crippen LogP contribution is 2.64. The highest BCUT2D eigenvalue weighted by molar-refractivity contribution is 6.01. The van der Waals surface area contributed by atoms with Gasteiger partial charge in [-0.3, -0.25) is 9.13 Å². The fraction of sp³-hybridized carbons (Fsp3) is 0.0152. The van der Waals surface area contributed by atoms with E-state index in [0.29, 0.717) is 17.5 Å². The number of hydrogen-bond donors (Lipinski definition) is 0. The number of hydrogen-bond acceptors (Lipinski definition) is 5. The zero-order valence-corrected chi connectivity index (χ0v) is 39.3. The molecule has 13 aromatic rings. The lowest BCUT2D eigenvalue weighted by Gasteiger charge is -2.31. The fourth-order valence-electron chi connectivity index (χ4n) is 11.7. The van der Waals surface area contributed by atoms with E-state index in [-0.39, 0.29) is 0 Å². The van der Waals surface area contributed by atoms with E-state index in [0.717, 1.165) is 89.6 Å². The first-order valence-electron chi connectivity index (χ1n) is 24.7. The smallest absolute Gasteiger partial charge is 0.164 e. The predicted molar refractivity (Wildman–Crippen MR) is 293 cm³/mol. The van der Waals surface area contributed by atoms with Crippen molar-refractivity contribution in [3.8, 4) is 90.6 Å². The normalized spacial score (nSPS) is 12.8. The van der Waals surface area contributed by atoms with Crippen molar-refractivity contribution in [2.24, 2.45) is 0 Å². The minimum absolute atomic E-state index is 0.616. The molecule has 2 aliphatic carbocycles. The van der Waals surface area contributed by atoms with Crippen molar-refractivity contribution < 1.29 is 0 Å². The van der Waals surface area contributed by atoms with Crippen molar-refractivity contribution in [2.45, 2.75) is 5.41 Å². The van der Waals surface area contributed by atoms with Gasteiger partial charge in [0.25, 0.3) is 0 Å². The molecule has 0 amide bonds. The lowest BCUT2D eigenvalue weighted by atomic mass is 9.70. The molecule has 10 aromatic carbocycles. The molecule has 0 atom stereocenters. The molecule has 0 saturated carbocycles. The van der Waals surface area contributed by atoms with Gasteiger partial charge in [-0.1, -0.05) is 188 Å². The molecular weight excluding hydrogens is 891 g/mol. The summed E-state index contributed by atoms with van der Waals surface area (Å²) in [5.41, 5.74) is 19.5. The minimum Gasteiger partial charge on any atom is -0.292 e. The van der Waals surface area contributed by atoms with Crippen LogP contribution in [0.15, 0.2) is 249 Å². The van der Waals surface area contributed by atoms with Crippen LogP contribution in [0.2, 0.25) is 0 Å². The average molecular weight is 932 g/mol. The minimum atomic E-state index is -0.774. The van der Waals surface area contributed by atoms with Gasteiger partial charge in [0.1, 0.15) is 11.6 Å². The van der Waals surface area contributed by atoms with Gasteiger partial charge in [0.15, 0.2) is 17.5 Å². The SMILES string of the molecule is c1ccc(-c2nc(-c3ccccc3)nc(-c3cccc4c3-c3ccccc3C43c4cc(-c5nc6ccccc6n5-c5ccccc5)ccc4-c4ccc(-c5nc6ccccc6n5-c5ccccc5)cc43)n2)cc1. The molecule has 15 rings (SSSR count). The second-order valence-electron chi connectivity index (χ2n) is 18.8. The monoisotopic (exact) mass is 931 g/mol. The van der Waals surface area contributed by atoms with Crippen LogP contribution in [0.3, 0.4) is 0 Å². The first-order valence-corrected chi connectivity index (χ1v) is 24.7. The molecule has 3 heterocycles. The van der Waals surface area contributed by atoms with E-state index in [9.17, 15) is 0 Å².